The lowest BCUT2D eigenvalue weighted by atomic mass is 9.97. The highest BCUT2D eigenvalue weighted by molar-refractivity contribution is 6.19. The molecular formula is C54H34N2O2. The number of benzene rings is 9. The minimum atomic E-state index is 0.859. The quantitative estimate of drug-likeness (QED) is 0.170. The topological polar surface area (TPSA) is 34.5 Å². The van der Waals surface area contributed by atoms with E-state index in [0.29, 0.717) is 0 Å². The smallest absolute Gasteiger partial charge is 0.161 e. The number of para-hydroxylation sites is 5. The Bertz CT molecular complexity index is 3510. The number of hydrogen-bond acceptors (Lipinski definition) is 3. The van der Waals surface area contributed by atoms with Crippen molar-refractivity contribution in [3.05, 3.63) is 206 Å². The third-order valence-corrected chi connectivity index (χ3v) is 11.6. The van der Waals surface area contributed by atoms with Crippen molar-refractivity contribution in [2.24, 2.45) is 0 Å². The molecule has 0 radical (unpaired) electrons. The Labute approximate surface area is 334 Å². The number of fused-ring (bicyclic) bond motifs is 9. The first-order chi connectivity index (χ1) is 28.8. The molecule has 0 bridgehead atoms. The molecule has 0 amide bonds. The third kappa shape index (κ3) is 4.95. The molecule has 0 aliphatic carbocycles. The van der Waals surface area contributed by atoms with Crippen LogP contribution in [0.15, 0.2) is 215 Å². The monoisotopic (exact) mass is 742 g/mol. The van der Waals surface area contributed by atoms with Crippen LogP contribution in [0.1, 0.15) is 0 Å². The fraction of sp³-hybridized carbons (Fsp3) is 0. The second-order valence-electron chi connectivity index (χ2n) is 14.9. The van der Waals surface area contributed by atoms with Crippen LogP contribution in [0, 0.1) is 0 Å². The van der Waals surface area contributed by atoms with Gasteiger partial charge in [-0.3, -0.25) is 0 Å². The Hall–Kier alpha value is -7.82. The summed E-state index contributed by atoms with van der Waals surface area (Å²) >= 11 is 0. The molecule has 58 heavy (non-hydrogen) atoms. The van der Waals surface area contributed by atoms with Crippen molar-refractivity contribution in [3.63, 3.8) is 0 Å². The molecule has 0 saturated heterocycles. The summed E-state index contributed by atoms with van der Waals surface area (Å²) in [5.41, 5.74) is 14.4. The molecule has 0 unspecified atom stereocenters. The first-order valence-corrected chi connectivity index (χ1v) is 19.7. The van der Waals surface area contributed by atoms with Crippen molar-refractivity contribution < 1.29 is 8.83 Å². The SMILES string of the molecule is c1ccc(-n2c3ccccc3c3oc4c(-c5ccccc5N(c5ccc(-c6cccc7ccccc67)cc5)c5ccc6oc7ccccc7c6c5)cccc4c32)cc1. The van der Waals surface area contributed by atoms with Gasteiger partial charge in [-0.1, -0.05) is 133 Å². The molecule has 4 heteroatoms. The van der Waals surface area contributed by atoms with E-state index < -0.39 is 0 Å². The Kier molecular flexibility index (Phi) is 7.20. The lowest BCUT2D eigenvalue weighted by Gasteiger charge is -2.28. The van der Waals surface area contributed by atoms with E-state index >= 15 is 0 Å². The van der Waals surface area contributed by atoms with E-state index in [1.807, 2.05) is 12.1 Å². The molecular weight excluding hydrogens is 709 g/mol. The zero-order chi connectivity index (χ0) is 38.2. The fourth-order valence-corrected chi connectivity index (χ4v) is 8.99. The van der Waals surface area contributed by atoms with Gasteiger partial charge in [0.15, 0.2) is 5.58 Å². The molecule has 0 N–H and O–H groups in total. The molecule has 0 saturated carbocycles. The second kappa shape index (κ2) is 12.9. The molecule has 0 atom stereocenters. The van der Waals surface area contributed by atoms with Gasteiger partial charge in [0.1, 0.15) is 22.3 Å². The maximum atomic E-state index is 7.04. The molecule has 0 spiro atoms. The van der Waals surface area contributed by atoms with Gasteiger partial charge in [-0.2, -0.15) is 0 Å². The van der Waals surface area contributed by atoms with E-state index in [9.17, 15) is 0 Å². The van der Waals surface area contributed by atoms with Gasteiger partial charge in [0.2, 0.25) is 0 Å². The fourth-order valence-electron chi connectivity index (χ4n) is 8.99. The van der Waals surface area contributed by atoms with Gasteiger partial charge in [0.25, 0.3) is 0 Å². The van der Waals surface area contributed by atoms with Crippen LogP contribution >= 0.6 is 0 Å². The van der Waals surface area contributed by atoms with Crippen molar-refractivity contribution in [1.82, 2.24) is 4.57 Å². The number of nitrogens with zero attached hydrogens (tertiary/aromatic N) is 2. The second-order valence-corrected chi connectivity index (χ2v) is 14.9. The first kappa shape index (κ1) is 32.4. The van der Waals surface area contributed by atoms with Crippen LogP contribution in [-0.2, 0) is 0 Å². The van der Waals surface area contributed by atoms with E-state index in [0.717, 1.165) is 88.8 Å². The van der Waals surface area contributed by atoms with Crippen molar-refractivity contribution in [1.29, 1.82) is 0 Å². The van der Waals surface area contributed by atoms with Crippen LogP contribution in [0.5, 0.6) is 0 Å². The van der Waals surface area contributed by atoms with E-state index in [4.69, 9.17) is 8.83 Å². The summed E-state index contributed by atoms with van der Waals surface area (Å²) in [6.07, 6.45) is 0. The Morgan fingerprint density at radius 3 is 1.91 bits per heavy atom. The predicted molar refractivity (Wildman–Crippen MR) is 241 cm³/mol. The maximum Gasteiger partial charge on any atom is 0.161 e. The van der Waals surface area contributed by atoms with Crippen LogP contribution < -0.4 is 4.90 Å². The van der Waals surface area contributed by atoms with Crippen LogP contribution in [0.25, 0.3) is 93.6 Å². The predicted octanol–water partition coefficient (Wildman–Crippen LogP) is 15.4. The van der Waals surface area contributed by atoms with Gasteiger partial charge >= 0.3 is 0 Å². The third-order valence-electron chi connectivity index (χ3n) is 11.6. The minimum Gasteiger partial charge on any atom is -0.456 e. The highest BCUT2D eigenvalue weighted by atomic mass is 16.3. The normalized spacial score (nSPS) is 11.8. The van der Waals surface area contributed by atoms with Crippen LogP contribution in [-0.4, -0.2) is 4.57 Å². The molecule has 12 rings (SSSR count). The molecule has 0 aliphatic rings. The van der Waals surface area contributed by atoms with Gasteiger partial charge < -0.3 is 18.3 Å². The summed E-state index contributed by atoms with van der Waals surface area (Å²) in [5.74, 6) is 0. The lowest BCUT2D eigenvalue weighted by molar-refractivity contribution is 0.669. The Morgan fingerprint density at radius 1 is 0.379 bits per heavy atom. The van der Waals surface area contributed by atoms with Crippen LogP contribution in [0.4, 0.5) is 17.1 Å². The average molecular weight is 743 g/mol. The molecule has 9 aromatic carbocycles. The number of furan rings is 2. The van der Waals surface area contributed by atoms with Crippen molar-refractivity contribution in [2.75, 3.05) is 4.90 Å². The number of hydrogen-bond donors (Lipinski definition) is 0. The molecule has 0 aliphatic heterocycles. The highest BCUT2D eigenvalue weighted by Gasteiger charge is 2.24. The summed E-state index contributed by atoms with van der Waals surface area (Å²) in [5, 5.41) is 6.80. The van der Waals surface area contributed by atoms with Crippen LogP contribution in [0.3, 0.4) is 0 Å². The number of aromatic nitrogens is 1. The molecule has 3 heterocycles. The average Bonchev–Trinajstić information content (AvgIpc) is 3.96. The Balaban J connectivity index is 1.08. The van der Waals surface area contributed by atoms with E-state index in [2.05, 4.69) is 204 Å². The summed E-state index contributed by atoms with van der Waals surface area (Å²) in [4.78, 5) is 2.37. The zero-order valence-electron chi connectivity index (χ0n) is 31.3. The van der Waals surface area contributed by atoms with E-state index in [1.165, 1.54) is 21.9 Å². The van der Waals surface area contributed by atoms with Gasteiger partial charge in [0.05, 0.1) is 11.2 Å². The summed E-state index contributed by atoms with van der Waals surface area (Å²) in [6.45, 7) is 0. The van der Waals surface area contributed by atoms with E-state index in [-0.39, 0.29) is 0 Å². The molecule has 4 nitrogen and oxygen atoms in total. The van der Waals surface area contributed by atoms with Gasteiger partial charge in [-0.25, -0.2) is 0 Å². The van der Waals surface area contributed by atoms with Crippen LogP contribution in [0.2, 0.25) is 0 Å². The Morgan fingerprint density at radius 2 is 1.02 bits per heavy atom. The lowest BCUT2D eigenvalue weighted by Crippen LogP contribution is -2.11. The number of rotatable bonds is 6. The summed E-state index contributed by atoms with van der Waals surface area (Å²) in [7, 11) is 0. The molecule has 3 aromatic heterocycles. The van der Waals surface area contributed by atoms with Gasteiger partial charge in [-0.05, 0) is 94.7 Å². The summed E-state index contributed by atoms with van der Waals surface area (Å²) < 4.78 is 15.7. The molecule has 272 valence electrons. The van der Waals surface area contributed by atoms with Crippen molar-refractivity contribution in [3.8, 4) is 27.9 Å². The van der Waals surface area contributed by atoms with E-state index in [1.54, 1.807) is 0 Å². The van der Waals surface area contributed by atoms with Gasteiger partial charge in [0, 0.05) is 49.7 Å². The molecule has 0 fully saturated rings. The first-order valence-electron chi connectivity index (χ1n) is 19.7. The molecule has 12 aromatic rings. The largest absolute Gasteiger partial charge is 0.456 e. The minimum absolute atomic E-state index is 0.859. The maximum absolute atomic E-state index is 7.04. The zero-order valence-corrected chi connectivity index (χ0v) is 31.3. The van der Waals surface area contributed by atoms with Gasteiger partial charge in [-0.15, -0.1) is 0 Å². The highest BCUT2D eigenvalue weighted by Crippen LogP contribution is 2.47. The van der Waals surface area contributed by atoms with Crippen molar-refractivity contribution >= 4 is 82.7 Å². The number of anilines is 3. The van der Waals surface area contributed by atoms with Crippen molar-refractivity contribution in [2.45, 2.75) is 0 Å². The standard InChI is InChI=1S/C54H34N2O2/c1-2-16-37(17-3-1)56-49-26-10-7-21-45(49)54-52(56)46-24-13-23-44(53(46)58-54)42-19-6-9-25-48(42)55(39-32-33-51-47(34-39)43-20-8-11-27-50(43)57-51)38-30-28-36(29-31-38)41-22-12-15-35-14-4-5-18-40(35)41/h1-34H. The summed E-state index contributed by atoms with van der Waals surface area (Å²) in [6, 6.07) is 73.1.